The van der Waals surface area contributed by atoms with Crippen LogP contribution in [0.3, 0.4) is 0 Å². The number of aliphatic hydroxyl groups is 1. The lowest BCUT2D eigenvalue weighted by Crippen LogP contribution is -2.29. The molecule has 0 aliphatic carbocycles. The first-order valence-corrected chi connectivity index (χ1v) is 10.6. The molecule has 4 rings (SSSR count). The van der Waals surface area contributed by atoms with Crippen molar-refractivity contribution >= 4 is 34.7 Å². The van der Waals surface area contributed by atoms with E-state index in [0.717, 1.165) is 5.56 Å². The largest absolute Gasteiger partial charge is 0.507 e. The number of hydrogen-bond acceptors (Lipinski definition) is 4. The fourth-order valence-corrected chi connectivity index (χ4v) is 4.04. The van der Waals surface area contributed by atoms with Crippen molar-refractivity contribution in [1.82, 2.24) is 0 Å². The monoisotopic (exact) mass is 447 g/mol. The molecule has 162 valence electrons. The van der Waals surface area contributed by atoms with Gasteiger partial charge in [-0.2, -0.15) is 0 Å². The second-order valence-electron chi connectivity index (χ2n) is 7.52. The molecular weight excluding hydrogens is 426 g/mol. The zero-order valence-corrected chi connectivity index (χ0v) is 18.5. The second-order valence-corrected chi connectivity index (χ2v) is 7.96. The molecular formula is C26H22ClNO4. The van der Waals surface area contributed by atoms with Crippen molar-refractivity contribution in [3.05, 3.63) is 100 Å². The summed E-state index contributed by atoms with van der Waals surface area (Å²) in [4.78, 5) is 27.8. The number of aryl methyl sites for hydroxylation is 1. The molecule has 0 saturated carbocycles. The SMILES string of the molecule is CCOc1cccc(C2/C(=C(/O)c3cccc(Cl)c3)C(=O)C(=O)N2c2ccc(C)cc2)c1. The van der Waals surface area contributed by atoms with Gasteiger partial charge in [0, 0.05) is 16.3 Å². The Morgan fingerprint density at radius 3 is 2.44 bits per heavy atom. The minimum absolute atomic E-state index is 0.00601. The Kier molecular flexibility index (Phi) is 6.01. The average molecular weight is 448 g/mol. The summed E-state index contributed by atoms with van der Waals surface area (Å²) in [7, 11) is 0. The van der Waals surface area contributed by atoms with Gasteiger partial charge in [0.25, 0.3) is 11.7 Å². The van der Waals surface area contributed by atoms with Gasteiger partial charge in [-0.25, -0.2) is 0 Å². The topological polar surface area (TPSA) is 66.8 Å². The van der Waals surface area contributed by atoms with Gasteiger partial charge in [0.2, 0.25) is 0 Å². The smallest absolute Gasteiger partial charge is 0.300 e. The number of nitrogens with zero attached hydrogens (tertiary/aromatic N) is 1. The van der Waals surface area contributed by atoms with Crippen molar-refractivity contribution in [1.29, 1.82) is 0 Å². The Morgan fingerprint density at radius 1 is 1.03 bits per heavy atom. The van der Waals surface area contributed by atoms with Crippen LogP contribution in [0.1, 0.15) is 29.7 Å². The van der Waals surface area contributed by atoms with Crippen LogP contribution in [0.4, 0.5) is 5.69 Å². The lowest BCUT2D eigenvalue weighted by Gasteiger charge is -2.26. The van der Waals surface area contributed by atoms with Gasteiger partial charge in [-0.15, -0.1) is 0 Å². The summed E-state index contributed by atoms with van der Waals surface area (Å²) < 4.78 is 5.63. The lowest BCUT2D eigenvalue weighted by molar-refractivity contribution is -0.132. The number of amides is 1. The van der Waals surface area contributed by atoms with Crippen molar-refractivity contribution in [2.75, 3.05) is 11.5 Å². The highest BCUT2D eigenvalue weighted by atomic mass is 35.5. The summed E-state index contributed by atoms with van der Waals surface area (Å²) in [6, 6.07) is 20.3. The number of rotatable bonds is 5. The van der Waals surface area contributed by atoms with Gasteiger partial charge in [0.05, 0.1) is 18.2 Å². The van der Waals surface area contributed by atoms with Crippen LogP contribution in [0.15, 0.2) is 78.4 Å². The van der Waals surface area contributed by atoms with Crippen molar-refractivity contribution in [2.45, 2.75) is 19.9 Å². The van der Waals surface area contributed by atoms with Gasteiger partial charge >= 0.3 is 0 Å². The first-order valence-electron chi connectivity index (χ1n) is 10.3. The maximum Gasteiger partial charge on any atom is 0.300 e. The van der Waals surface area contributed by atoms with Crippen molar-refractivity contribution < 1.29 is 19.4 Å². The van der Waals surface area contributed by atoms with Crippen LogP contribution >= 0.6 is 11.6 Å². The Balaban J connectivity index is 1.94. The molecule has 0 spiro atoms. The van der Waals surface area contributed by atoms with E-state index in [1.807, 2.05) is 38.1 Å². The zero-order valence-electron chi connectivity index (χ0n) is 17.7. The highest BCUT2D eigenvalue weighted by molar-refractivity contribution is 6.51. The highest BCUT2D eigenvalue weighted by Gasteiger charge is 2.47. The minimum atomic E-state index is -0.822. The number of anilines is 1. The number of ether oxygens (including phenoxy) is 1. The molecule has 1 aliphatic rings. The van der Waals surface area contributed by atoms with Gasteiger partial charge in [-0.05, 0) is 55.8 Å². The first-order chi connectivity index (χ1) is 15.4. The van der Waals surface area contributed by atoms with Crippen LogP contribution in [0.5, 0.6) is 5.75 Å². The van der Waals surface area contributed by atoms with E-state index in [1.165, 1.54) is 4.90 Å². The third-order valence-electron chi connectivity index (χ3n) is 5.34. The first kappa shape index (κ1) is 21.7. The fourth-order valence-electron chi connectivity index (χ4n) is 3.85. The third-order valence-corrected chi connectivity index (χ3v) is 5.57. The number of benzene rings is 3. The minimum Gasteiger partial charge on any atom is -0.507 e. The predicted octanol–water partition coefficient (Wildman–Crippen LogP) is 5.67. The maximum atomic E-state index is 13.2. The molecule has 32 heavy (non-hydrogen) atoms. The molecule has 1 aliphatic heterocycles. The van der Waals surface area contributed by atoms with Crippen LogP contribution in [-0.4, -0.2) is 23.4 Å². The van der Waals surface area contributed by atoms with Crippen LogP contribution in [0.25, 0.3) is 5.76 Å². The molecule has 3 aromatic carbocycles. The van der Waals surface area contributed by atoms with Crippen LogP contribution < -0.4 is 9.64 Å². The molecule has 3 aromatic rings. The van der Waals surface area contributed by atoms with Crippen LogP contribution in [0.2, 0.25) is 5.02 Å². The Morgan fingerprint density at radius 2 is 1.75 bits per heavy atom. The maximum absolute atomic E-state index is 13.2. The van der Waals surface area contributed by atoms with E-state index in [2.05, 4.69) is 0 Å². The number of carbonyl (C=O) groups is 2. The molecule has 1 atom stereocenters. The van der Waals surface area contributed by atoms with E-state index < -0.39 is 17.7 Å². The van der Waals surface area contributed by atoms with Gasteiger partial charge in [-0.1, -0.05) is 53.6 Å². The second kappa shape index (κ2) is 8.89. The standard InChI is InChI=1S/C26H22ClNO4/c1-3-32-21-9-5-6-17(15-21)23-22(24(29)18-7-4-8-19(27)14-18)25(30)26(31)28(23)20-12-10-16(2)11-13-20/h4-15,23,29H,3H2,1-2H3/b24-22-. The number of hydrogen-bond donors (Lipinski definition) is 1. The van der Waals surface area contributed by atoms with Crippen molar-refractivity contribution in [3.8, 4) is 5.75 Å². The van der Waals surface area contributed by atoms with E-state index in [0.29, 0.717) is 34.2 Å². The molecule has 0 aromatic heterocycles. The molecule has 1 fully saturated rings. The molecule has 1 heterocycles. The van der Waals surface area contributed by atoms with Gasteiger partial charge in [0.15, 0.2) is 0 Å². The molecule has 0 radical (unpaired) electrons. The quantitative estimate of drug-likeness (QED) is 0.310. The summed E-state index contributed by atoms with van der Waals surface area (Å²) in [6.07, 6.45) is 0. The molecule has 1 saturated heterocycles. The van der Waals surface area contributed by atoms with E-state index in [4.69, 9.17) is 16.3 Å². The Bertz CT molecular complexity index is 1220. The molecule has 1 unspecified atom stereocenters. The van der Waals surface area contributed by atoms with Crippen LogP contribution in [-0.2, 0) is 9.59 Å². The van der Waals surface area contributed by atoms with E-state index in [-0.39, 0.29) is 11.3 Å². The number of aliphatic hydroxyl groups excluding tert-OH is 1. The molecule has 6 heteroatoms. The molecule has 1 N–H and O–H groups in total. The fraction of sp³-hybridized carbons (Fsp3) is 0.154. The van der Waals surface area contributed by atoms with E-state index >= 15 is 0 Å². The van der Waals surface area contributed by atoms with Crippen LogP contribution in [0, 0.1) is 6.92 Å². The third kappa shape index (κ3) is 3.99. The van der Waals surface area contributed by atoms with Gasteiger partial charge < -0.3 is 9.84 Å². The zero-order chi connectivity index (χ0) is 22.8. The summed E-state index contributed by atoms with van der Waals surface area (Å²) in [5.41, 5.74) is 2.62. The number of Topliss-reactive ketones (excluding diaryl/α,β-unsaturated/α-hetero) is 1. The van der Waals surface area contributed by atoms with E-state index in [9.17, 15) is 14.7 Å². The average Bonchev–Trinajstić information content (AvgIpc) is 3.05. The summed E-state index contributed by atoms with van der Waals surface area (Å²) in [5, 5.41) is 11.5. The number of halogens is 1. The molecule has 1 amide bonds. The van der Waals surface area contributed by atoms with Gasteiger partial charge in [0.1, 0.15) is 11.5 Å². The molecule has 0 bridgehead atoms. The number of carbonyl (C=O) groups excluding carboxylic acids is 2. The van der Waals surface area contributed by atoms with Gasteiger partial charge in [-0.3, -0.25) is 14.5 Å². The Hall–Kier alpha value is -3.57. The van der Waals surface area contributed by atoms with Crippen molar-refractivity contribution in [2.24, 2.45) is 0 Å². The van der Waals surface area contributed by atoms with E-state index in [1.54, 1.807) is 48.5 Å². The predicted molar refractivity (Wildman–Crippen MR) is 125 cm³/mol. The van der Waals surface area contributed by atoms with Crippen molar-refractivity contribution in [3.63, 3.8) is 0 Å². The normalized spacial score (nSPS) is 17.6. The summed E-state index contributed by atoms with van der Waals surface area (Å²) in [5.74, 6) is -1.12. The Labute approximate surface area is 191 Å². The lowest BCUT2D eigenvalue weighted by atomic mass is 9.95. The summed E-state index contributed by atoms with van der Waals surface area (Å²) >= 11 is 6.10. The summed E-state index contributed by atoms with van der Waals surface area (Å²) in [6.45, 7) is 4.30. The molecule has 5 nitrogen and oxygen atoms in total. The number of ketones is 1. The highest BCUT2D eigenvalue weighted by Crippen LogP contribution is 2.43.